The number of hydrogen-bond donors (Lipinski definition) is 1. The highest BCUT2D eigenvalue weighted by Gasteiger charge is 2.35. The molecule has 4 nitrogen and oxygen atoms in total. The van der Waals surface area contributed by atoms with Crippen molar-refractivity contribution in [3.63, 3.8) is 0 Å². The minimum absolute atomic E-state index is 0.260. The number of rotatable bonds is 4. The van der Waals surface area contributed by atoms with Gasteiger partial charge in [-0.1, -0.05) is 6.08 Å². The fraction of sp³-hybridized carbons (Fsp3) is 0.455. The first-order chi connectivity index (χ1) is 8.27. The fourth-order valence-electron chi connectivity index (χ4n) is 1.45. The van der Waals surface area contributed by atoms with E-state index in [0.717, 1.165) is 10.7 Å². The zero-order valence-electron chi connectivity index (χ0n) is 10.1. The molecule has 7 heteroatoms. The fourth-order valence-corrected chi connectivity index (χ4v) is 1.45. The number of nitrogens with zero attached hydrogens (tertiary/aromatic N) is 2. The maximum absolute atomic E-state index is 12.5. The first-order valence-corrected chi connectivity index (χ1v) is 5.29. The average molecular weight is 261 g/mol. The summed E-state index contributed by atoms with van der Waals surface area (Å²) in [7, 11) is 0. The number of hydrogen-bond acceptors (Lipinski definition) is 2. The molecule has 0 fully saturated rings. The summed E-state index contributed by atoms with van der Waals surface area (Å²) < 4.78 is 38.4. The van der Waals surface area contributed by atoms with Crippen molar-refractivity contribution in [2.45, 2.75) is 26.1 Å². The molecule has 1 N–H and O–H groups in total. The van der Waals surface area contributed by atoms with Gasteiger partial charge < -0.3 is 5.32 Å². The monoisotopic (exact) mass is 261 g/mol. The predicted octanol–water partition coefficient (Wildman–Crippen LogP) is 2.07. The first-order valence-electron chi connectivity index (χ1n) is 5.29. The van der Waals surface area contributed by atoms with E-state index >= 15 is 0 Å². The molecule has 1 aromatic rings. The van der Waals surface area contributed by atoms with E-state index in [1.807, 2.05) is 0 Å². The number of amides is 1. The average Bonchev–Trinajstić information content (AvgIpc) is 2.66. The molecule has 1 unspecified atom stereocenters. The molecule has 0 saturated carbocycles. The second-order valence-electron chi connectivity index (χ2n) is 3.82. The first kappa shape index (κ1) is 14.3. The van der Waals surface area contributed by atoms with Crippen LogP contribution in [0.2, 0.25) is 0 Å². The van der Waals surface area contributed by atoms with E-state index in [4.69, 9.17) is 0 Å². The second kappa shape index (κ2) is 5.24. The number of halogens is 3. The molecule has 0 aromatic carbocycles. The zero-order valence-corrected chi connectivity index (χ0v) is 10.1. The minimum Gasteiger partial charge on any atom is -0.351 e. The zero-order chi connectivity index (χ0) is 13.9. The molecule has 100 valence electrons. The molecule has 1 aromatic heterocycles. The molecular weight excluding hydrogens is 247 g/mol. The Kier molecular flexibility index (Phi) is 4.15. The van der Waals surface area contributed by atoms with Gasteiger partial charge in [0.25, 0.3) is 0 Å². The van der Waals surface area contributed by atoms with Gasteiger partial charge in [-0.05, 0) is 19.9 Å². The Balaban J connectivity index is 2.93. The van der Waals surface area contributed by atoms with Crippen LogP contribution in [-0.2, 0) is 11.0 Å². The molecule has 1 atom stereocenters. The summed E-state index contributed by atoms with van der Waals surface area (Å²) in [6.45, 7) is 6.65. The van der Waals surface area contributed by atoms with Gasteiger partial charge in [0.05, 0.1) is 0 Å². The molecule has 0 spiro atoms. The van der Waals surface area contributed by atoms with Crippen molar-refractivity contribution in [1.82, 2.24) is 15.1 Å². The summed E-state index contributed by atoms with van der Waals surface area (Å²) >= 11 is 0. The van der Waals surface area contributed by atoms with E-state index in [-0.39, 0.29) is 12.2 Å². The molecule has 1 amide bonds. The van der Waals surface area contributed by atoms with Crippen molar-refractivity contribution in [2.75, 3.05) is 6.54 Å². The Morgan fingerprint density at radius 1 is 1.67 bits per heavy atom. The van der Waals surface area contributed by atoms with Crippen molar-refractivity contribution in [3.8, 4) is 0 Å². The minimum atomic E-state index is -4.51. The normalized spacial score (nSPS) is 13.2. The molecule has 0 bridgehead atoms. The Hall–Kier alpha value is -1.79. The molecule has 18 heavy (non-hydrogen) atoms. The van der Waals surface area contributed by atoms with Crippen molar-refractivity contribution in [1.29, 1.82) is 0 Å². The number of carbonyl (C=O) groups excluding carboxylic acids is 1. The lowest BCUT2D eigenvalue weighted by molar-refractivity contribution is -0.142. The van der Waals surface area contributed by atoms with Gasteiger partial charge in [-0.3, -0.25) is 9.48 Å². The van der Waals surface area contributed by atoms with Crippen LogP contribution in [0.25, 0.3) is 0 Å². The number of aryl methyl sites for hydroxylation is 1. The topological polar surface area (TPSA) is 46.9 Å². The van der Waals surface area contributed by atoms with Crippen LogP contribution in [0.5, 0.6) is 0 Å². The van der Waals surface area contributed by atoms with Gasteiger partial charge in [0.15, 0.2) is 5.69 Å². The molecule has 0 radical (unpaired) electrons. The van der Waals surface area contributed by atoms with Crippen LogP contribution >= 0.6 is 0 Å². The van der Waals surface area contributed by atoms with Gasteiger partial charge in [-0.25, -0.2) is 0 Å². The third kappa shape index (κ3) is 3.12. The maximum atomic E-state index is 12.5. The van der Waals surface area contributed by atoms with Crippen molar-refractivity contribution in [3.05, 3.63) is 30.1 Å². The summed E-state index contributed by atoms with van der Waals surface area (Å²) in [5.41, 5.74) is -0.716. The largest absolute Gasteiger partial charge is 0.435 e. The highest BCUT2D eigenvalue weighted by molar-refractivity contribution is 5.79. The highest BCUT2D eigenvalue weighted by atomic mass is 19.4. The van der Waals surface area contributed by atoms with Crippen LogP contribution in [0.1, 0.15) is 24.4 Å². The van der Waals surface area contributed by atoms with Crippen LogP contribution in [-0.4, -0.2) is 22.2 Å². The lowest BCUT2D eigenvalue weighted by Crippen LogP contribution is -2.32. The van der Waals surface area contributed by atoms with E-state index in [2.05, 4.69) is 17.0 Å². The van der Waals surface area contributed by atoms with Crippen LogP contribution < -0.4 is 5.32 Å². The Labute approximate surface area is 102 Å². The van der Waals surface area contributed by atoms with Gasteiger partial charge in [-0.2, -0.15) is 18.3 Å². The summed E-state index contributed by atoms with van der Waals surface area (Å²) in [6.07, 6.45) is -3.02. The Bertz CT molecular complexity index is 451. The van der Waals surface area contributed by atoms with Gasteiger partial charge >= 0.3 is 6.18 Å². The Morgan fingerprint density at radius 3 is 2.72 bits per heavy atom. The maximum Gasteiger partial charge on any atom is 0.435 e. The number of nitrogens with one attached hydrogen (secondary N) is 1. The summed E-state index contributed by atoms with van der Waals surface area (Å²) in [5.74, 6) is -0.408. The van der Waals surface area contributed by atoms with E-state index in [0.29, 0.717) is 0 Å². The van der Waals surface area contributed by atoms with E-state index in [9.17, 15) is 18.0 Å². The third-order valence-corrected chi connectivity index (χ3v) is 2.38. The van der Waals surface area contributed by atoms with Crippen molar-refractivity contribution < 1.29 is 18.0 Å². The lowest BCUT2D eigenvalue weighted by atomic mass is 10.3. The second-order valence-corrected chi connectivity index (χ2v) is 3.82. The van der Waals surface area contributed by atoms with Crippen LogP contribution in [0, 0.1) is 6.92 Å². The van der Waals surface area contributed by atoms with Gasteiger partial charge in [0.2, 0.25) is 5.91 Å². The molecule has 1 heterocycles. The molecule has 0 aliphatic heterocycles. The smallest absolute Gasteiger partial charge is 0.351 e. The number of aromatic nitrogens is 2. The van der Waals surface area contributed by atoms with Gasteiger partial charge in [0.1, 0.15) is 6.04 Å². The molecule has 0 aliphatic carbocycles. The summed E-state index contributed by atoms with van der Waals surface area (Å²) in [4.78, 5) is 11.6. The Morgan fingerprint density at radius 2 is 2.28 bits per heavy atom. The third-order valence-electron chi connectivity index (χ3n) is 2.38. The standard InChI is InChI=1S/C11H14F3N3O/c1-4-5-15-10(18)8(3)17-7(2)6-9(16-17)11(12,13)14/h4,6,8H,1,5H2,2-3H3,(H,15,18). The lowest BCUT2D eigenvalue weighted by Gasteiger charge is -2.13. The van der Waals surface area contributed by atoms with Gasteiger partial charge in [0, 0.05) is 12.2 Å². The molecule has 1 rings (SSSR count). The van der Waals surface area contributed by atoms with Crippen LogP contribution in [0.4, 0.5) is 13.2 Å². The van der Waals surface area contributed by atoms with Crippen molar-refractivity contribution in [2.24, 2.45) is 0 Å². The SMILES string of the molecule is C=CCNC(=O)C(C)n1nc(C(F)(F)F)cc1C. The van der Waals surface area contributed by atoms with E-state index in [1.54, 1.807) is 0 Å². The summed E-state index contributed by atoms with van der Waals surface area (Å²) in [5, 5.41) is 5.92. The van der Waals surface area contributed by atoms with Crippen LogP contribution in [0.3, 0.4) is 0 Å². The van der Waals surface area contributed by atoms with Crippen LogP contribution in [0.15, 0.2) is 18.7 Å². The van der Waals surface area contributed by atoms with E-state index in [1.165, 1.54) is 19.9 Å². The number of alkyl halides is 3. The molecule has 0 saturated heterocycles. The summed E-state index contributed by atoms with van der Waals surface area (Å²) in [6, 6.07) is 0.109. The van der Waals surface area contributed by atoms with Gasteiger partial charge in [-0.15, -0.1) is 6.58 Å². The quantitative estimate of drug-likeness (QED) is 0.843. The van der Waals surface area contributed by atoms with E-state index < -0.39 is 23.8 Å². The number of carbonyl (C=O) groups is 1. The molecule has 0 aliphatic rings. The molecular formula is C11H14F3N3O. The highest BCUT2D eigenvalue weighted by Crippen LogP contribution is 2.29. The van der Waals surface area contributed by atoms with Crippen molar-refractivity contribution >= 4 is 5.91 Å². The predicted molar refractivity (Wildman–Crippen MR) is 59.9 cm³/mol.